The largest absolute Gasteiger partial charge is 0.466 e. The summed E-state index contributed by atoms with van der Waals surface area (Å²) in [5, 5.41) is 0. The molecule has 11 heteroatoms. The Morgan fingerprint density at radius 3 is 0.848 bits per heavy atom. The van der Waals surface area contributed by atoms with Crippen LogP contribution in [0, 0.1) is 0 Å². The van der Waals surface area contributed by atoms with Crippen LogP contribution in [0.4, 0.5) is 0 Å². The van der Waals surface area contributed by atoms with Gasteiger partial charge in [-0.1, -0.05) is 0 Å². The van der Waals surface area contributed by atoms with Gasteiger partial charge in [0.05, 0.1) is 19.8 Å². The van der Waals surface area contributed by atoms with Crippen LogP contribution >= 0.6 is 0 Å². The van der Waals surface area contributed by atoms with E-state index in [0.29, 0.717) is 19.8 Å². The van der Waals surface area contributed by atoms with Gasteiger partial charge < -0.3 is 14.2 Å². The minimum atomic E-state index is -0.440. The zero-order chi connectivity index (χ0) is 27.0. The molecular formula is C22H39O10Ti. The number of Topliss-reactive ketones (excluding diaryl/α,β-unsaturated/α-hetero) is 3. The maximum atomic E-state index is 10.4. The van der Waals surface area contributed by atoms with E-state index in [1.165, 1.54) is 20.8 Å². The van der Waals surface area contributed by atoms with Crippen LogP contribution in [-0.2, 0) is 67.1 Å². The minimum Gasteiger partial charge on any atom is -0.466 e. The first-order valence-electron chi connectivity index (χ1n) is 10.4. The molecule has 0 aromatic rings. The maximum absolute atomic E-state index is 10.4. The van der Waals surface area contributed by atoms with Crippen LogP contribution < -0.4 is 0 Å². The molecule has 0 radical (unpaired) electrons. The summed E-state index contributed by atoms with van der Waals surface area (Å²) in [6.45, 7) is 16.3. The average Bonchev–Trinajstić information content (AvgIpc) is 2.61. The quantitative estimate of drug-likeness (QED) is 0.196. The molecule has 0 N–H and O–H groups in total. The zero-order valence-electron chi connectivity index (χ0n) is 21.3. The molecule has 0 amide bonds. The van der Waals surface area contributed by atoms with Gasteiger partial charge in [0.15, 0.2) is 0 Å². The van der Waals surface area contributed by atoms with Crippen LogP contribution in [0.1, 0.15) is 81.6 Å². The van der Waals surface area contributed by atoms with Gasteiger partial charge in [-0.3, -0.25) is 28.8 Å². The number of rotatable bonds is 9. The molecule has 0 aliphatic carbocycles. The summed E-state index contributed by atoms with van der Waals surface area (Å²) in [4.78, 5) is 61.9. The molecule has 0 saturated carbocycles. The Balaban J connectivity index is -0.000000172. The number of esters is 3. The van der Waals surface area contributed by atoms with Gasteiger partial charge in [-0.15, -0.1) is 0 Å². The number of carbonyl (C=O) groups is 6. The first-order valence-corrected chi connectivity index (χ1v) is 11.0. The number of ketones is 3. The van der Waals surface area contributed by atoms with Gasteiger partial charge in [-0.05, 0) is 41.5 Å². The van der Waals surface area contributed by atoms with Crippen molar-refractivity contribution in [2.24, 2.45) is 0 Å². The van der Waals surface area contributed by atoms with E-state index < -0.39 is 17.9 Å². The van der Waals surface area contributed by atoms with Gasteiger partial charge in [0.2, 0.25) is 0 Å². The number of ether oxygens (including phenoxy) is 3. The van der Waals surface area contributed by atoms with Gasteiger partial charge in [0, 0.05) is 0 Å². The predicted molar refractivity (Wildman–Crippen MR) is 117 cm³/mol. The molecule has 0 bridgehead atoms. The molecule has 10 nitrogen and oxygen atoms in total. The van der Waals surface area contributed by atoms with Crippen molar-refractivity contribution >= 4 is 35.3 Å². The summed E-state index contributed by atoms with van der Waals surface area (Å²) < 4.78 is 18.4. The normalized spacial score (nSPS) is 9.21. The summed E-state index contributed by atoms with van der Waals surface area (Å²) in [6.07, 6.45) is -0.310. The fourth-order valence-electron chi connectivity index (χ4n) is 1.25. The van der Waals surface area contributed by atoms with Crippen molar-refractivity contribution in [3.8, 4) is 0 Å². The van der Waals surface area contributed by atoms with Crippen LogP contribution in [-0.4, -0.2) is 60.7 Å². The van der Waals surface area contributed by atoms with Crippen molar-refractivity contribution in [1.29, 1.82) is 0 Å². The van der Waals surface area contributed by atoms with Gasteiger partial charge in [-0.25, -0.2) is 0 Å². The van der Waals surface area contributed by atoms with Gasteiger partial charge in [0.1, 0.15) is 36.6 Å². The topological polar surface area (TPSA) is 139 Å². The first kappa shape index (κ1) is 38.4. The van der Waals surface area contributed by atoms with E-state index in [1.54, 1.807) is 41.6 Å². The molecule has 0 aromatic heterocycles. The zero-order valence-corrected chi connectivity index (χ0v) is 22.9. The van der Waals surface area contributed by atoms with E-state index in [0.717, 1.165) is 0 Å². The van der Waals surface area contributed by atoms with Gasteiger partial charge >= 0.3 is 68.4 Å². The third-order valence-electron chi connectivity index (χ3n) is 2.40. The smallest absolute Gasteiger partial charge is 0.313 e. The van der Waals surface area contributed by atoms with Crippen LogP contribution in [0.5, 0.6) is 0 Å². The molecule has 0 heterocycles. The van der Waals surface area contributed by atoms with Crippen molar-refractivity contribution in [3.05, 3.63) is 0 Å². The summed E-state index contributed by atoms with van der Waals surface area (Å²) in [6, 6.07) is 0. The molecule has 0 rings (SSSR count). The van der Waals surface area contributed by atoms with Gasteiger partial charge in [0.25, 0.3) is 0 Å². The average molecular weight is 511 g/mol. The van der Waals surface area contributed by atoms with E-state index in [1.807, 2.05) is 20.8 Å². The summed E-state index contributed by atoms with van der Waals surface area (Å²) in [5.41, 5.74) is 0.0417. The fourth-order valence-corrected chi connectivity index (χ4v) is 1.25. The van der Waals surface area contributed by atoms with Crippen LogP contribution in [0.2, 0.25) is 0 Å². The van der Waals surface area contributed by atoms with Crippen molar-refractivity contribution in [2.75, 3.05) is 19.8 Å². The summed E-state index contributed by atoms with van der Waals surface area (Å²) in [7, 11) is 0. The predicted octanol–water partition coefficient (Wildman–Crippen LogP) is 2.85. The Kier molecular flexibility index (Phi) is 28.7. The van der Waals surface area contributed by atoms with Crippen LogP contribution in [0.25, 0.3) is 0 Å². The molecule has 0 saturated heterocycles. The molecule has 0 unspecified atom stereocenters. The van der Waals surface area contributed by atoms with E-state index >= 15 is 0 Å². The van der Waals surface area contributed by atoms with Gasteiger partial charge in [-0.2, -0.15) is 0 Å². The molecule has 33 heavy (non-hydrogen) atoms. The Hall–Kier alpha value is -1.91. The monoisotopic (exact) mass is 511 g/mol. The molecule has 0 aliphatic rings. The molecule has 0 fully saturated rings. The van der Waals surface area contributed by atoms with Crippen molar-refractivity contribution < 1.29 is 67.1 Å². The Labute approximate surface area is 209 Å². The number of hydrogen-bond donors (Lipinski definition) is 0. The Bertz CT molecular complexity index is 523. The van der Waals surface area contributed by atoms with E-state index in [2.05, 4.69) is 14.2 Å². The summed E-state index contributed by atoms with van der Waals surface area (Å²) in [5.74, 6) is -1.80. The Morgan fingerprint density at radius 2 is 0.758 bits per heavy atom. The third kappa shape index (κ3) is 48.7. The van der Waals surface area contributed by atoms with E-state index in [9.17, 15) is 28.8 Å². The minimum absolute atomic E-state index is 0.0417. The molecule has 0 spiro atoms. The van der Waals surface area contributed by atoms with Crippen molar-refractivity contribution in [1.82, 2.24) is 0 Å². The van der Waals surface area contributed by atoms with E-state index in [4.69, 9.17) is 3.32 Å². The fraction of sp³-hybridized carbons (Fsp3) is 0.727. The number of carbonyl (C=O) groups excluding carboxylic acids is 6. The number of hydrogen-bond acceptors (Lipinski definition) is 10. The second-order valence-electron chi connectivity index (χ2n) is 7.27. The Morgan fingerprint density at radius 1 is 0.576 bits per heavy atom. The second kappa shape index (κ2) is 24.7. The first-order chi connectivity index (χ1) is 15.1. The maximum Gasteiger partial charge on any atom is 0.313 e. The molecule has 0 aliphatic heterocycles. The summed E-state index contributed by atoms with van der Waals surface area (Å²) >= 11 is 1.71. The SMILES string of the molecule is CC(C)(C)[O][Ti].CCOC(=O)CC(C)=O.CCOC(=O)CC(C)=O.CCOC(=O)CC(C)=O. The van der Waals surface area contributed by atoms with Crippen molar-refractivity contribution in [3.63, 3.8) is 0 Å². The third-order valence-corrected chi connectivity index (χ3v) is 3.36. The van der Waals surface area contributed by atoms with E-state index in [-0.39, 0.29) is 42.2 Å². The standard InChI is InChI=1S/3C6H10O3.C4H9O.Ti/c3*1-3-9-6(8)4-5(2)7;1-4(2,3)5;/h3*3-4H2,1-2H3;1-3H3;/q;;;-1;+1. The van der Waals surface area contributed by atoms with Crippen LogP contribution in [0.3, 0.4) is 0 Å². The molecule has 0 aromatic carbocycles. The molecular weight excluding hydrogens is 472 g/mol. The van der Waals surface area contributed by atoms with Crippen LogP contribution in [0.15, 0.2) is 0 Å². The molecule has 191 valence electrons. The second-order valence-corrected chi connectivity index (χ2v) is 7.58. The molecule has 0 atom stereocenters. The van der Waals surface area contributed by atoms with Crippen molar-refractivity contribution in [2.45, 2.75) is 87.2 Å².